The van der Waals surface area contributed by atoms with Crippen LogP contribution in [0, 0.1) is 0 Å². The summed E-state index contributed by atoms with van der Waals surface area (Å²) in [6, 6.07) is 5.35. The van der Waals surface area contributed by atoms with Crippen molar-refractivity contribution in [1.29, 1.82) is 0 Å². The third kappa shape index (κ3) is 2.62. The van der Waals surface area contributed by atoms with Crippen LogP contribution in [0.25, 0.3) is 0 Å². The molecule has 0 aliphatic rings. The van der Waals surface area contributed by atoms with Crippen LogP contribution in [-0.4, -0.2) is 19.1 Å². The summed E-state index contributed by atoms with van der Waals surface area (Å²) in [6.07, 6.45) is -4.70. The summed E-state index contributed by atoms with van der Waals surface area (Å²) in [7, 11) is 1.42. The number of ketones is 1. The standard InChI is InChI=1S/C11H9F3O2/c1-7(11(12,13)14)10(15)8-3-5-9(16-2)6-4-8/h3-6H,1H2,2H3. The molecule has 0 radical (unpaired) electrons. The van der Waals surface area contributed by atoms with E-state index in [0.29, 0.717) is 5.75 Å². The zero-order chi connectivity index (χ0) is 12.3. The summed E-state index contributed by atoms with van der Waals surface area (Å²) in [5, 5.41) is 0. The Morgan fingerprint density at radius 3 is 2.12 bits per heavy atom. The van der Waals surface area contributed by atoms with Crippen LogP contribution in [0.2, 0.25) is 0 Å². The Bertz CT molecular complexity index is 404. The van der Waals surface area contributed by atoms with Crippen molar-refractivity contribution in [1.82, 2.24) is 0 Å². The Labute approximate surface area is 90.3 Å². The molecule has 1 aromatic carbocycles. The smallest absolute Gasteiger partial charge is 0.419 e. The molecule has 5 heteroatoms. The van der Waals surface area contributed by atoms with Gasteiger partial charge in [0.25, 0.3) is 0 Å². The Morgan fingerprint density at radius 1 is 1.25 bits per heavy atom. The molecule has 0 heterocycles. The number of carbonyl (C=O) groups excluding carboxylic acids is 1. The van der Waals surface area contributed by atoms with Crippen LogP contribution in [0.4, 0.5) is 13.2 Å². The molecule has 0 unspecified atom stereocenters. The van der Waals surface area contributed by atoms with E-state index in [4.69, 9.17) is 4.74 Å². The fourth-order valence-corrected chi connectivity index (χ4v) is 1.05. The van der Waals surface area contributed by atoms with Gasteiger partial charge in [0.15, 0.2) is 5.78 Å². The first-order valence-corrected chi connectivity index (χ1v) is 4.31. The molecule has 0 spiro atoms. The second-order valence-corrected chi connectivity index (χ2v) is 3.03. The zero-order valence-corrected chi connectivity index (χ0v) is 8.47. The largest absolute Gasteiger partial charge is 0.497 e. The van der Waals surface area contributed by atoms with Crippen molar-refractivity contribution < 1.29 is 22.7 Å². The van der Waals surface area contributed by atoms with Gasteiger partial charge in [0.05, 0.1) is 12.7 Å². The molecule has 0 fully saturated rings. The Morgan fingerprint density at radius 2 is 1.75 bits per heavy atom. The molecule has 0 bridgehead atoms. The number of hydrogen-bond acceptors (Lipinski definition) is 2. The van der Waals surface area contributed by atoms with Crippen molar-refractivity contribution in [2.75, 3.05) is 7.11 Å². The molecule has 0 atom stereocenters. The van der Waals surface area contributed by atoms with Gasteiger partial charge in [0, 0.05) is 5.56 Å². The quantitative estimate of drug-likeness (QED) is 0.589. The van der Waals surface area contributed by atoms with Crippen molar-refractivity contribution in [2.24, 2.45) is 0 Å². The van der Waals surface area contributed by atoms with Crippen molar-refractivity contribution >= 4 is 5.78 Å². The lowest BCUT2D eigenvalue weighted by atomic mass is 10.0. The highest BCUT2D eigenvalue weighted by atomic mass is 19.4. The van der Waals surface area contributed by atoms with Crippen LogP contribution in [0.1, 0.15) is 10.4 Å². The lowest BCUT2D eigenvalue weighted by Gasteiger charge is -2.09. The van der Waals surface area contributed by atoms with Gasteiger partial charge in [0.1, 0.15) is 5.75 Å². The third-order valence-electron chi connectivity index (χ3n) is 1.97. The van der Waals surface area contributed by atoms with E-state index in [0.717, 1.165) is 0 Å². The number of halogens is 3. The molecule has 0 saturated carbocycles. The molecule has 1 aromatic rings. The van der Waals surface area contributed by atoms with Gasteiger partial charge >= 0.3 is 6.18 Å². The summed E-state index contributed by atoms with van der Waals surface area (Å²) in [4.78, 5) is 11.3. The molecular formula is C11H9F3O2. The van der Waals surface area contributed by atoms with Crippen LogP contribution in [0.3, 0.4) is 0 Å². The van der Waals surface area contributed by atoms with Crippen molar-refractivity contribution in [3.8, 4) is 5.75 Å². The lowest BCUT2D eigenvalue weighted by Crippen LogP contribution is -2.19. The van der Waals surface area contributed by atoms with Gasteiger partial charge in [-0.25, -0.2) is 0 Å². The summed E-state index contributed by atoms with van der Waals surface area (Å²) in [5.41, 5.74) is -1.44. The average Bonchev–Trinajstić information content (AvgIpc) is 2.26. The van der Waals surface area contributed by atoms with E-state index in [1.807, 2.05) is 0 Å². The number of alkyl halides is 3. The highest BCUT2D eigenvalue weighted by molar-refractivity contribution is 6.09. The number of benzene rings is 1. The second-order valence-electron chi connectivity index (χ2n) is 3.03. The van der Waals surface area contributed by atoms with Crippen LogP contribution >= 0.6 is 0 Å². The fourth-order valence-electron chi connectivity index (χ4n) is 1.05. The molecule has 16 heavy (non-hydrogen) atoms. The molecule has 0 aliphatic heterocycles. The summed E-state index contributed by atoms with van der Waals surface area (Å²) >= 11 is 0. The molecular weight excluding hydrogens is 221 g/mol. The molecule has 86 valence electrons. The highest BCUT2D eigenvalue weighted by Crippen LogP contribution is 2.27. The minimum atomic E-state index is -4.70. The van der Waals surface area contributed by atoms with Gasteiger partial charge in [0.2, 0.25) is 0 Å². The van der Waals surface area contributed by atoms with Gasteiger partial charge in [-0.15, -0.1) is 0 Å². The van der Waals surface area contributed by atoms with Crippen molar-refractivity contribution in [3.05, 3.63) is 42.0 Å². The lowest BCUT2D eigenvalue weighted by molar-refractivity contribution is -0.0883. The minimum absolute atomic E-state index is 0.0666. The second kappa shape index (κ2) is 4.38. The number of Topliss-reactive ketones (excluding diaryl/α,β-unsaturated/α-hetero) is 1. The normalized spacial score (nSPS) is 11.0. The van der Waals surface area contributed by atoms with Crippen LogP contribution in [-0.2, 0) is 0 Å². The highest BCUT2D eigenvalue weighted by Gasteiger charge is 2.36. The van der Waals surface area contributed by atoms with Gasteiger partial charge in [-0.05, 0) is 24.3 Å². The maximum absolute atomic E-state index is 12.2. The Kier molecular flexibility index (Phi) is 3.37. The van der Waals surface area contributed by atoms with E-state index in [9.17, 15) is 18.0 Å². The first-order chi connectivity index (χ1) is 7.36. The molecule has 0 aliphatic carbocycles. The zero-order valence-electron chi connectivity index (χ0n) is 8.47. The summed E-state index contributed by atoms with van der Waals surface area (Å²) < 4.78 is 41.4. The predicted molar refractivity (Wildman–Crippen MR) is 52.5 cm³/mol. The van der Waals surface area contributed by atoms with Gasteiger partial charge < -0.3 is 4.74 Å². The van der Waals surface area contributed by atoms with E-state index in [1.165, 1.54) is 31.4 Å². The Hall–Kier alpha value is -1.78. The topological polar surface area (TPSA) is 26.3 Å². The van der Waals surface area contributed by atoms with E-state index >= 15 is 0 Å². The molecule has 0 aromatic heterocycles. The third-order valence-corrected chi connectivity index (χ3v) is 1.97. The predicted octanol–water partition coefficient (Wildman–Crippen LogP) is 3.00. The van der Waals surface area contributed by atoms with Gasteiger partial charge in [-0.3, -0.25) is 4.79 Å². The van der Waals surface area contributed by atoms with Crippen LogP contribution < -0.4 is 4.74 Å². The number of hydrogen-bond donors (Lipinski definition) is 0. The molecule has 0 amide bonds. The van der Waals surface area contributed by atoms with Gasteiger partial charge in [-0.1, -0.05) is 6.58 Å². The van der Waals surface area contributed by atoms with E-state index in [2.05, 4.69) is 6.58 Å². The number of methoxy groups -OCH3 is 1. The maximum atomic E-state index is 12.2. The summed E-state index contributed by atoms with van der Waals surface area (Å²) in [6.45, 7) is 2.74. The SMILES string of the molecule is C=C(C(=O)c1ccc(OC)cc1)C(F)(F)F. The maximum Gasteiger partial charge on any atom is 0.419 e. The number of allylic oxidation sites excluding steroid dienone is 1. The summed E-state index contributed by atoms with van der Waals surface area (Å²) in [5.74, 6) is -0.663. The number of carbonyl (C=O) groups is 1. The minimum Gasteiger partial charge on any atom is -0.497 e. The van der Waals surface area contributed by atoms with E-state index < -0.39 is 17.5 Å². The first-order valence-electron chi connectivity index (χ1n) is 4.31. The molecule has 0 saturated heterocycles. The Balaban J connectivity index is 2.93. The fraction of sp³-hybridized carbons (Fsp3) is 0.182. The molecule has 1 rings (SSSR count). The van der Waals surface area contributed by atoms with Crippen molar-refractivity contribution in [2.45, 2.75) is 6.18 Å². The van der Waals surface area contributed by atoms with Gasteiger partial charge in [-0.2, -0.15) is 13.2 Å². The van der Waals surface area contributed by atoms with Crippen LogP contribution in [0.15, 0.2) is 36.4 Å². The molecule has 0 N–H and O–H groups in total. The number of rotatable bonds is 3. The monoisotopic (exact) mass is 230 g/mol. The van der Waals surface area contributed by atoms with E-state index in [-0.39, 0.29) is 5.56 Å². The van der Waals surface area contributed by atoms with Crippen molar-refractivity contribution in [3.63, 3.8) is 0 Å². The first kappa shape index (κ1) is 12.3. The van der Waals surface area contributed by atoms with Crippen LogP contribution in [0.5, 0.6) is 5.75 Å². The van der Waals surface area contributed by atoms with E-state index in [1.54, 1.807) is 0 Å². The molecule has 2 nitrogen and oxygen atoms in total. The number of ether oxygens (including phenoxy) is 1. The average molecular weight is 230 g/mol.